The van der Waals surface area contributed by atoms with Crippen molar-refractivity contribution in [3.8, 4) is 0 Å². The Balaban J connectivity index is 1.33. The van der Waals surface area contributed by atoms with E-state index in [4.69, 9.17) is 0 Å². The molecule has 1 saturated heterocycles. The van der Waals surface area contributed by atoms with Gasteiger partial charge in [-0.3, -0.25) is 4.79 Å². The number of rotatable bonds is 2. The van der Waals surface area contributed by atoms with Crippen LogP contribution in [0.2, 0.25) is 0 Å². The molecule has 5 fully saturated rings. The third-order valence-corrected chi connectivity index (χ3v) is 13.4. The van der Waals surface area contributed by atoms with Crippen LogP contribution in [0.4, 0.5) is 0 Å². The number of carbonyl (C=O) groups excluding carboxylic acids is 1. The maximum atomic E-state index is 14.1. The van der Waals surface area contributed by atoms with Crippen LogP contribution in [0.15, 0.2) is 29.8 Å². The molecule has 5 aliphatic carbocycles. The number of aryl methyl sites for hydroxylation is 1. The summed E-state index contributed by atoms with van der Waals surface area (Å²) in [5.74, 6) is 2.24. The minimum absolute atomic E-state index is 0.0114. The van der Waals surface area contributed by atoms with E-state index in [1.165, 1.54) is 34.7 Å². The minimum atomic E-state index is -3.60. The van der Waals surface area contributed by atoms with E-state index in [-0.39, 0.29) is 27.9 Å². The number of sulfonamides is 1. The fraction of sp³-hybridized carbons (Fsp3) is 0.667. The van der Waals surface area contributed by atoms with Crippen molar-refractivity contribution >= 4 is 21.5 Å². The van der Waals surface area contributed by atoms with Gasteiger partial charge >= 0.3 is 0 Å². The highest BCUT2D eigenvalue weighted by Crippen LogP contribution is 2.71. The van der Waals surface area contributed by atoms with Crippen LogP contribution in [0.1, 0.15) is 63.5 Å². The number of allylic oxidation sites excluding steroid dienone is 1. The molecule has 5 heteroatoms. The van der Waals surface area contributed by atoms with E-state index >= 15 is 0 Å². The van der Waals surface area contributed by atoms with Gasteiger partial charge in [0.15, 0.2) is 0 Å². The van der Waals surface area contributed by atoms with Crippen molar-refractivity contribution in [2.75, 3.05) is 6.54 Å². The summed E-state index contributed by atoms with van der Waals surface area (Å²) < 4.78 is 28.9. The standard InChI is InChI=1S/C27H33NO3S/c1-15-4-6-16(7-5-15)21-22-17-8-9-18(12-17)23(22)24(21)25(29)28-14-27-11-10-19(26(27,2)3)13-20(27)32(28,30)31/h4-7,17-20,22-23H,8-14H2,1-3H3. The average molecular weight is 452 g/mol. The van der Waals surface area contributed by atoms with Crippen LogP contribution in [-0.4, -0.2) is 30.4 Å². The van der Waals surface area contributed by atoms with Crippen molar-refractivity contribution < 1.29 is 13.2 Å². The number of hydrogen-bond acceptors (Lipinski definition) is 3. The SMILES string of the molecule is Cc1ccc(C2=C(C(=O)N3CC45CCC(CC4S3(=O)=O)C5(C)C)C3C4CCC(C4)C23)cc1. The molecule has 32 heavy (non-hydrogen) atoms. The molecule has 7 rings (SSSR count). The first kappa shape index (κ1) is 19.8. The van der Waals surface area contributed by atoms with E-state index in [0.717, 1.165) is 30.4 Å². The van der Waals surface area contributed by atoms with Crippen LogP contribution in [-0.2, 0) is 14.8 Å². The molecular weight excluding hydrogens is 418 g/mol. The van der Waals surface area contributed by atoms with Gasteiger partial charge < -0.3 is 0 Å². The van der Waals surface area contributed by atoms with Gasteiger partial charge in [-0.2, -0.15) is 0 Å². The highest BCUT2D eigenvalue weighted by molar-refractivity contribution is 7.90. The van der Waals surface area contributed by atoms with Gasteiger partial charge in [-0.1, -0.05) is 43.7 Å². The summed E-state index contributed by atoms with van der Waals surface area (Å²) in [7, 11) is -3.60. The molecule has 1 aliphatic heterocycles. The van der Waals surface area contributed by atoms with Crippen LogP contribution in [0.5, 0.6) is 0 Å². The molecule has 1 aromatic carbocycles. The van der Waals surface area contributed by atoms with Crippen LogP contribution in [0.25, 0.3) is 5.57 Å². The van der Waals surface area contributed by atoms with E-state index < -0.39 is 10.0 Å². The molecule has 4 bridgehead atoms. The molecule has 7 unspecified atom stereocenters. The van der Waals surface area contributed by atoms with Crippen molar-refractivity contribution in [1.82, 2.24) is 4.31 Å². The molecule has 4 saturated carbocycles. The molecule has 1 heterocycles. The summed E-state index contributed by atoms with van der Waals surface area (Å²) in [5, 5.41) is -0.368. The fourth-order valence-electron chi connectivity index (χ4n) is 9.33. The van der Waals surface area contributed by atoms with E-state index in [2.05, 4.69) is 45.0 Å². The second kappa shape index (κ2) is 5.89. The maximum absolute atomic E-state index is 14.1. The Bertz CT molecular complexity index is 1180. The molecule has 7 atom stereocenters. The molecule has 1 amide bonds. The number of fused-ring (bicyclic) bond motifs is 6. The van der Waals surface area contributed by atoms with Gasteiger partial charge in [-0.05, 0) is 91.6 Å². The van der Waals surface area contributed by atoms with Gasteiger partial charge in [0.2, 0.25) is 10.0 Å². The highest BCUT2D eigenvalue weighted by Gasteiger charge is 2.73. The Morgan fingerprint density at radius 3 is 2.34 bits per heavy atom. The predicted molar refractivity (Wildman–Crippen MR) is 124 cm³/mol. The minimum Gasteiger partial charge on any atom is -0.268 e. The fourth-order valence-corrected chi connectivity index (χ4v) is 11.9. The maximum Gasteiger partial charge on any atom is 0.263 e. The third kappa shape index (κ3) is 2.07. The molecule has 6 aliphatic rings. The van der Waals surface area contributed by atoms with Gasteiger partial charge in [-0.25, -0.2) is 12.7 Å². The average Bonchev–Trinajstić information content (AvgIpc) is 3.47. The van der Waals surface area contributed by atoms with E-state index in [1.54, 1.807) is 0 Å². The van der Waals surface area contributed by atoms with Crippen LogP contribution < -0.4 is 0 Å². The van der Waals surface area contributed by atoms with Crippen LogP contribution in [0.3, 0.4) is 0 Å². The van der Waals surface area contributed by atoms with Crippen molar-refractivity contribution in [3.63, 3.8) is 0 Å². The first-order valence-corrected chi connectivity index (χ1v) is 14.0. The van der Waals surface area contributed by atoms with Crippen LogP contribution >= 0.6 is 0 Å². The number of nitrogens with zero attached hydrogens (tertiary/aromatic N) is 1. The smallest absolute Gasteiger partial charge is 0.263 e. The first-order chi connectivity index (χ1) is 15.2. The van der Waals surface area contributed by atoms with Gasteiger partial charge in [0, 0.05) is 17.5 Å². The van der Waals surface area contributed by atoms with E-state index in [9.17, 15) is 13.2 Å². The van der Waals surface area contributed by atoms with E-state index in [1.807, 2.05) is 0 Å². The third-order valence-electron chi connectivity index (χ3n) is 11.1. The zero-order chi connectivity index (χ0) is 22.2. The lowest BCUT2D eigenvalue weighted by Crippen LogP contribution is -2.46. The van der Waals surface area contributed by atoms with Gasteiger partial charge in [0.25, 0.3) is 5.91 Å². The summed E-state index contributed by atoms with van der Waals surface area (Å²) in [6, 6.07) is 8.50. The van der Waals surface area contributed by atoms with Crippen molar-refractivity contribution in [2.45, 2.75) is 64.5 Å². The molecule has 0 radical (unpaired) electrons. The number of amides is 1. The lowest BCUT2D eigenvalue weighted by Gasteiger charge is -2.45. The van der Waals surface area contributed by atoms with Crippen LogP contribution in [0, 0.1) is 47.3 Å². The van der Waals surface area contributed by atoms with E-state index in [0.29, 0.717) is 30.2 Å². The summed E-state index contributed by atoms with van der Waals surface area (Å²) in [4.78, 5) is 14.1. The van der Waals surface area contributed by atoms with Gasteiger partial charge in [0.05, 0.1) is 5.25 Å². The Kier molecular flexibility index (Phi) is 3.65. The molecule has 1 spiro atoms. The Labute approximate surface area is 191 Å². The summed E-state index contributed by atoms with van der Waals surface area (Å²) in [6.45, 7) is 6.98. The number of carbonyl (C=O) groups is 1. The summed E-state index contributed by atoms with van der Waals surface area (Å²) in [5.41, 5.74) is 4.08. The van der Waals surface area contributed by atoms with Gasteiger partial charge in [-0.15, -0.1) is 0 Å². The Morgan fingerprint density at radius 1 is 1.00 bits per heavy atom. The van der Waals surface area contributed by atoms with Crippen molar-refractivity contribution in [1.29, 1.82) is 0 Å². The monoisotopic (exact) mass is 451 g/mol. The summed E-state index contributed by atoms with van der Waals surface area (Å²) in [6.07, 6.45) is 6.43. The quantitative estimate of drug-likeness (QED) is 0.650. The molecular formula is C27H33NO3S. The lowest BCUT2D eigenvalue weighted by atomic mass is 9.59. The first-order valence-electron chi connectivity index (χ1n) is 12.5. The summed E-state index contributed by atoms with van der Waals surface area (Å²) >= 11 is 0. The van der Waals surface area contributed by atoms with Crippen molar-refractivity contribution in [3.05, 3.63) is 41.0 Å². The zero-order valence-corrected chi connectivity index (χ0v) is 20.1. The predicted octanol–water partition coefficient (Wildman–Crippen LogP) is 4.79. The Morgan fingerprint density at radius 2 is 1.69 bits per heavy atom. The molecule has 0 aromatic heterocycles. The van der Waals surface area contributed by atoms with Crippen molar-refractivity contribution in [2.24, 2.45) is 40.4 Å². The molecule has 170 valence electrons. The zero-order valence-electron chi connectivity index (χ0n) is 19.3. The molecule has 4 nitrogen and oxygen atoms in total. The largest absolute Gasteiger partial charge is 0.268 e. The molecule has 0 N–H and O–H groups in total. The number of benzene rings is 1. The Hall–Kier alpha value is -1.62. The topological polar surface area (TPSA) is 54.5 Å². The highest BCUT2D eigenvalue weighted by atomic mass is 32.2. The lowest BCUT2D eigenvalue weighted by molar-refractivity contribution is -0.124. The van der Waals surface area contributed by atoms with Gasteiger partial charge in [0.1, 0.15) is 0 Å². The number of hydrogen-bond donors (Lipinski definition) is 0. The second-order valence-corrected chi connectivity index (χ2v) is 14.3. The molecule has 1 aromatic rings. The normalized spacial score (nSPS) is 44.0. The second-order valence-electron chi connectivity index (χ2n) is 12.3.